The standard InChI is InChI=1S/C14H24NO4P/c1-5-17-20(16,18-6-2)14(15)12-7-9-13(10-8-12)19-11(3)4/h7-11,14H,5-6,15H2,1-4H3/t14-/m0/s1. The van der Waals surface area contributed by atoms with E-state index in [-0.39, 0.29) is 6.10 Å². The third-order valence-electron chi connectivity index (χ3n) is 2.55. The van der Waals surface area contributed by atoms with E-state index in [1.54, 1.807) is 38.1 Å². The summed E-state index contributed by atoms with van der Waals surface area (Å²) in [6.45, 7) is 8.02. The minimum Gasteiger partial charge on any atom is -0.491 e. The first-order chi connectivity index (χ1) is 9.42. The Labute approximate surface area is 120 Å². The predicted molar refractivity (Wildman–Crippen MR) is 80.0 cm³/mol. The van der Waals surface area contributed by atoms with Crippen molar-refractivity contribution < 1.29 is 18.3 Å². The summed E-state index contributed by atoms with van der Waals surface area (Å²) in [6, 6.07) is 7.18. The van der Waals surface area contributed by atoms with Gasteiger partial charge in [0.15, 0.2) is 0 Å². The Morgan fingerprint density at radius 1 is 1.10 bits per heavy atom. The van der Waals surface area contributed by atoms with Crippen LogP contribution in [0.2, 0.25) is 0 Å². The highest BCUT2D eigenvalue weighted by atomic mass is 31.2. The van der Waals surface area contributed by atoms with Gasteiger partial charge in [-0.1, -0.05) is 12.1 Å². The van der Waals surface area contributed by atoms with Crippen molar-refractivity contribution in [1.82, 2.24) is 0 Å². The van der Waals surface area contributed by atoms with Crippen molar-refractivity contribution >= 4 is 7.60 Å². The Morgan fingerprint density at radius 2 is 1.60 bits per heavy atom. The quantitative estimate of drug-likeness (QED) is 0.741. The second-order valence-electron chi connectivity index (χ2n) is 4.56. The lowest BCUT2D eigenvalue weighted by Gasteiger charge is -2.23. The molecule has 1 aromatic rings. The summed E-state index contributed by atoms with van der Waals surface area (Å²) in [6.07, 6.45) is 0.104. The van der Waals surface area contributed by atoms with Gasteiger partial charge in [-0.05, 0) is 45.4 Å². The molecule has 0 amide bonds. The Bertz CT molecular complexity index is 437. The first-order valence-corrected chi connectivity index (χ1v) is 8.45. The second-order valence-corrected chi connectivity index (χ2v) is 6.71. The summed E-state index contributed by atoms with van der Waals surface area (Å²) < 4.78 is 28.6. The van der Waals surface area contributed by atoms with Gasteiger partial charge in [0.25, 0.3) is 0 Å². The third-order valence-corrected chi connectivity index (χ3v) is 4.77. The van der Waals surface area contributed by atoms with Crippen LogP contribution in [-0.2, 0) is 13.6 Å². The van der Waals surface area contributed by atoms with Crippen LogP contribution >= 0.6 is 7.60 Å². The van der Waals surface area contributed by atoms with Gasteiger partial charge in [0.1, 0.15) is 11.5 Å². The molecule has 0 saturated heterocycles. The van der Waals surface area contributed by atoms with E-state index in [1.807, 2.05) is 13.8 Å². The summed E-state index contributed by atoms with van der Waals surface area (Å²) in [5.74, 6) is -0.0471. The van der Waals surface area contributed by atoms with E-state index in [2.05, 4.69) is 0 Å². The minimum atomic E-state index is -3.34. The van der Waals surface area contributed by atoms with E-state index in [9.17, 15) is 4.57 Å². The molecule has 0 aliphatic carbocycles. The molecular weight excluding hydrogens is 277 g/mol. The molecule has 1 atom stereocenters. The molecule has 0 fully saturated rings. The SMILES string of the molecule is CCOP(=O)(OCC)[C@H](N)c1ccc(OC(C)C)cc1. The fraction of sp³-hybridized carbons (Fsp3) is 0.571. The monoisotopic (exact) mass is 301 g/mol. The van der Waals surface area contributed by atoms with E-state index in [0.717, 1.165) is 5.75 Å². The zero-order chi connectivity index (χ0) is 15.2. The minimum absolute atomic E-state index is 0.104. The molecule has 0 radical (unpaired) electrons. The molecule has 0 aromatic heterocycles. The summed E-state index contributed by atoms with van der Waals surface area (Å²) in [4.78, 5) is 0. The van der Waals surface area contributed by atoms with Crippen molar-refractivity contribution in [3.63, 3.8) is 0 Å². The number of hydrogen-bond acceptors (Lipinski definition) is 5. The molecule has 6 heteroatoms. The van der Waals surface area contributed by atoms with Gasteiger partial charge in [0.2, 0.25) is 0 Å². The summed E-state index contributed by atoms with van der Waals surface area (Å²) in [5.41, 5.74) is 6.74. The molecule has 20 heavy (non-hydrogen) atoms. The highest BCUT2D eigenvalue weighted by molar-refractivity contribution is 7.54. The molecule has 0 saturated carbocycles. The molecule has 114 valence electrons. The van der Waals surface area contributed by atoms with Gasteiger partial charge in [-0.25, -0.2) is 0 Å². The topological polar surface area (TPSA) is 70.8 Å². The van der Waals surface area contributed by atoms with Gasteiger partial charge in [-0.15, -0.1) is 0 Å². The smallest absolute Gasteiger partial charge is 0.351 e. The summed E-state index contributed by atoms with van der Waals surface area (Å²) >= 11 is 0. The van der Waals surface area contributed by atoms with Gasteiger partial charge in [0.05, 0.1) is 19.3 Å². The lowest BCUT2D eigenvalue weighted by molar-refractivity contribution is 0.212. The first-order valence-electron chi connectivity index (χ1n) is 6.84. The van der Waals surface area contributed by atoms with Crippen molar-refractivity contribution in [3.8, 4) is 5.75 Å². The average molecular weight is 301 g/mol. The fourth-order valence-electron chi connectivity index (χ4n) is 1.76. The fourth-order valence-corrected chi connectivity index (χ4v) is 3.41. The molecule has 5 nitrogen and oxygen atoms in total. The molecule has 0 spiro atoms. The van der Waals surface area contributed by atoms with Gasteiger partial charge in [0, 0.05) is 0 Å². The van der Waals surface area contributed by atoms with Gasteiger partial charge < -0.3 is 19.5 Å². The molecule has 0 heterocycles. The van der Waals surface area contributed by atoms with Crippen molar-refractivity contribution in [2.45, 2.75) is 39.6 Å². The van der Waals surface area contributed by atoms with Crippen LogP contribution in [0, 0.1) is 0 Å². The Kier molecular flexibility index (Phi) is 6.69. The average Bonchev–Trinajstić information content (AvgIpc) is 2.38. The normalized spacial score (nSPS) is 13.5. The van der Waals surface area contributed by atoms with Crippen LogP contribution in [0.25, 0.3) is 0 Å². The lowest BCUT2D eigenvalue weighted by Crippen LogP contribution is -2.15. The molecule has 0 unspecified atom stereocenters. The number of rotatable bonds is 8. The van der Waals surface area contributed by atoms with Crippen LogP contribution in [0.4, 0.5) is 0 Å². The molecule has 1 aromatic carbocycles. The van der Waals surface area contributed by atoms with Crippen molar-refractivity contribution in [1.29, 1.82) is 0 Å². The molecule has 0 aliphatic heterocycles. The molecule has 2 N–H and O–H groups in total. The summed E-state index contributed by atoms with van der Waals surface area (Å²) in [7, 11) is -3.34. The first kappa shape index (κ1) is 17.2. The maximum atomic E-state index is 12.6. The summed E-state index contributed by atoms with van der Waals surface area (Å²) in [5, 5.41) is 0. The molecular formula is C14H24NO4P. The van der Waals surface area contributed by atoms with Crippen LogP contribution in [0.15, 0.2) is 24.3 Å². The third kappa shape index (κ3) is 4.60. The van der Waals surface area contributed by atoms with Crippen LogP contribution < -0.4 is 10.5 Å². The zero-order valence-corrected chi connectivity index (χ0v) is 13.4. The predicted octanol–water partition coefficient (Wildman–Crippen LogP) is 3.70. The van der Waals surface area contributed by atoms with E-state index in [1.165, 1.54) is 0 Å². The highest BCUT2D eigenvalue weighted by Gasteiger charge is 2.33. The highest BCUT2D eigenvalue weighted by Crippen LogP contribution is 2.58. The van der Waals surface area contributed by atoms with Crippen LogP contribution in [-0.4, -0.2) is 19.3 Å². The second kappa shape index (κ2) is 7.79. The van der Waals surface area contributed by atoms with Crippen LogP contribution in [0.1, 0.15) is 39.0 Å². The Hall–Kier alpha value is -0.870. The van der Waals surface area contributed by atoms with Crippen molar-refractivity contribution in [3.05, 3.63) is 29.8 Å². The molecule has 1 rings (SSSR count). The molecule has 0 bridgehead atoms. The van der Waals surface area contributed by atoms with E-state index >= 15 is 0 Å². The van der Waals surface area contributed by atoms with Gasteiger partial charge in [-0.3, -0.25) is 4.57 Å². The van der Waals surface area contributed by atoms with Crippen LogP contribution in [0.5, 0.6) is 5.75 Å². The van der Waals surface area contributed by atoms with Crippen molar-refractivity contribution in [2.75, 3.05) is 13.2 Å². The number of nitrogens with two attached hydrogens (primary N) is 1. The molecule has 0 aliphatic rings. The largest absolute Gasteiger partial charge is 0.491 e. The Balaban J connectivity index is 2.89. The van der Waals surface area contributed by atoms with E-state index in [0.29, 0.717) is 18.8 Å². The van der Waals surface area contributed by atoms with Gasteiger partial charge in [-0.2, -0.15) is 0 Å². The maximum absolute atomic E-state index is 12.6. The van der Waals surface area contributed by atoms with E-state index < -0.39 is 13.4 Å². The van der Waals surface area contributed by atoms with E-state index in [4.69, 9.17) is 19.5 Å². The van der Waals surface area contributed by atoms with Crippen LogP contribution in [0.3, 0.4) is 0 Å². The number of hydrogen-bond donors (Lipinski definition) is 1. The van der Waals surface area contributed by atoms with Crippen molar-refractivity contribution in [2.24, 2.45) is 5.73 Å². The number of benzene rings is 1. The Morgan fingerprint density at radius 3 is 2.00 bits per heavy atom. The lowest BCUT2D eigenvalue weighted by atomic mass is 10.2. The zero-order valence-electron chi connectivity index (χ0n) is 12.5. The maximum Gasteiger partial charge on any atom is 0.351 e. The number of ether oxygens (including phenoxy) is 1. The van der Waals surface area contributed by atoms with Gasteiger partial charge >= 0.3 is 7.60 Å².